The molecule has 0 radical (unpaired) electrons. The fourth-order valence-electron chi connectivity index (χ4n) is 2.59. The van der Waals surface area contributed by atoms with Crippen molar-refractivity contribution in [3.8, 4) is 0 Å². The van der Waals surface area contributed by atoms with Gasteiger partial charge in [-0.1, -0.05) is 18.2 Å². The molecular weight excluding hydrogens is 254 g/mol. The second-order valence-electron chi connectivity index (χ2n) is 5.00. The predicted molar refractivity (Wildman–Crippen MR) is 75.9 cm³/mol. The van der Waals surface area contributed by atoms with Gasteiger partial charge in [0.25, 0.3) is 0 Å². The zero-order valence-corrected chi connectivity index (χ0v) is 11.4. The van der Waals surface area contributed by atoms with E-state index < -0.39 is 5.97 Å². The number of carbonyl (C=O) groups is 1. The first kappa shape index (κ1) is 12.6. The van der Waals surface area contributed by atoms with Gasteiger partial charge in [-0.25, -0.2) is 0 Å². The Hall–Kier alpha value is -2.43. The first-order chi connectivity index (χ1) is 9.58. The topological polar surface area (TPSA) is 67.5 Å². The van der Waals surface area contributed by atoms with Crippen molar-refractivity contribution in [2.24, 2.45) is 0 Å². The number of pyridine rings is 1. The van der Waals surface area contributed by atoms with Crippen LogP contribution in [-0.2, 0) is 11.2 Å². The second-order valence-corrected chi connectivity index (χ2v) is 5.00. The average molecular weight is 269 g/mol. The number of para-hydroxylation sites is 1. The number of carboxylic acid groups (broad SMARTS) is 1. The molecule has 0 amide bonds. The molecule has 0 unspecified atom stereocenters. The Kier molecular flexibility index (Phi) is 2.89. The van der Waals surface area contributed by atoms with E-state index in [1.165, 1.54) is 0 Å². The van der Waals surface area contributed by atoms with E-state index in [0.717, 1.165) is 27.7 Å². The van der Waals surface area contributed by atoms with Gasteiger partial charge in [0.2, 0.25) is 0 Å². The van der Waals surface area contributed by atoms with Crippen LogP contribution < -0.4 is 0 Å². The molecule has 1 N–H and O–H groups in total. The molecule has 0 spiro atoms. The molecule has 5 heteroatoms. The number of carboxylic acids is 1. The SMILES string of the molecule is Cc1cc2nnc(CCC(=O)O)n2c2c(C)cccc12. The fraction of sp³-hybridized carbons (Fsp3) is 0.267. The summed E-state index contributed by atoms with van der Waals surface area (Å²) >= 11 is 0. The lowest BCUT2D eigenvalue weighted by atomic mass is 10.1. The minimum Gasteiger partial charge on any atom is -0.481 e. The molecule has 0 atom stereocenters. The van der Waals surface area contributed by atoms with Crippen LogP contribution in [0.25, 0.3) is 16.6 Å². The predicted octanol–water partition coefficient (Wildman–Crippen LogP) is 2.52. The number of rotatable bonds is 3. The number of aliphatic carboxylic acids is 1. The van der Waals surface area contributed by atoms with Crippen molar-refractivity contribution in [1.29, 1.82) is 0 Å². The summed E-state index contributed by atoms with van der Waals surface area (Å²) < 4.78 is 1.97. The van der Waals surface area contributed by atoms with E-state index in [1.54, 1.807) is 0 Å². The molecule has 0 aliphatic carbocycles. The highest BCUT2D eigenvalue weighted by Crippen LogP contribution is 2.24. The molecule has 3 rings (SSSR count). The van der Waals surface area contributed by atoms with Crippen molar-refractivity contribution in [1.82, 2.24) is 14.6 Å². The molecule has 0 bridgehead atoms. The van der Waals surface area contributed by atoms with Gasteiger partial charge in [0, 0.05) is 11.8 Å². The van der Waals surface area contributed by atoms with Crippen LogP contribution in [0.2, 0.25) is 0 Å². The van der Waals surface area contributed by atoms with Crippen LogP contribution in [0.15, 0.2) is 24.3 Å². The first-order valence-electron chi connectivity index (χ1n) is 6.52. The summed E-state index contributed by atoms with van der Waals surface area (Å²) in [7, 11) is 0. The maximum absolute atomic E-state index is 10.8. The Morgan fingerprint density at radius 2 is 2.05 bits per heavy atom. The van der Waals surface area contributed by atoms with Crippen molar-refractivity contribution in [2.45, 2.75) is 26.7 Å². The third-order valence-electron chi connectivity index (χ3n) is 3.55. The van der Waals surface area contributed by atoms with Crippen LogP contribution in [0.1, 0.15) is 23.4 Å². The van der Waals surface area contributed by atoms with Crippen molar-refractivity contribution >= 4 is 22.5 Å². The van der Waals surface area contributed by atoms with E-state index in [4.69, 9.17) is 5.11 Å². The average Bonchev–Trinajstić information content (AvgIpc) is 2.79. The number of hydrogen-bond donors (Lipinski definition) is 1. The third kappa shape index (κ3) is 1.91. The van der Waals surface area contributed by atoms with Gasteiger partial charge in [0.05, 0.1) is 11.9 Å². The number of aryl methyl sites for hydroxylation is 3. The lowest BCUT2D eigenvalue weighted by molar-refractivity contribution is -0.137. The van der Waals surface area contributed by atoms with Gasteiger partial charge >= 0.3 is 5.97 Å². The molecule has 0 aliphatic heterocycles. The van der Waals surface area contributed by atoms with Crippen LogP contribution in [0.3, 0.4) is 0 Å². The minimum absolute atomic E-state index is 0.0576. The van der Waals surface area contributed by atoms with Gasteiger partial charge in [-0.05, 0) is 31.0 Å². The number of benzene rings is 1. The number of fused-ring (bicyclic) bond motifs is 3. The van der Waals surface area contributed by atoms with Gasteiger partial charge in [-0.15, -0.1) is 10.2 Å². The standard InChI is InChI=1S/C15H15N3O2/c1-9-4-3-5-11-10(2)8-13-17-16-12(6-7-14(19)20)18(13)15(9)11/h3-5,8H,6-7H2,1-2H3,(H,19,20). The summed E-state index contributed by atoms with van der Waals surface area (Å²) in [6, 6.07) is 8.12. The van der Waals surface area contributed by atoms with Gasteiger partial charge in [-0.2, -0.15) is 0 Å². The Labute approximate surface area is 115 Å². The highest BCUT2D eigenvalue weighted by Gasteiger charge is 2.13. The summed E-state index contributed by atoms with van der Waals surface area (Å²) in [5, 5.41) is 18.3. The molecule has 20 heavy (non-hydrogen) atoms. The lowest BCUT2D eigenvalue weighted by Gasteiger charge is -2.09. The van der Waals surface area contributed by atoms with Crippen LogP contribution in [0.5, 0.6) is 0 Å². The van der Waals surface area contributed by atoms with E-state index in [0.29, 0.717) is 12.2 Å². The maximum atomic E-state index is 10.8. The quantitative estimate of drug-likeness (QED) is 0.793. The Morgan fingerprint density at radius 3 is 2.80 bits per heavy atom. The number of aromatic nitrogens is 3. The maximum Gasteiger partial charge on any atom is 0.303 e. The Balaban J connectivity index is 2.32. The fourth-order valence-corrected chi connectivity index (χ4v) is 2.59. The number of nitrogens with zero attached hydrogens (tertiary/aromatic N) is 3. The minimum atomic E-state index is -0.824. The summed E-state index contributed by atoms with van der Waals surface area (Å²) in [6.07, 6.45) is 0.436. The molecule has 102 valence electrons. The van der Waals surface area contributed by atoms with Crippen molar-refractivity contribution < 1.29 is 9.90 Å². The first-order valence-corrected chi connectivity index (χ1v) is 6.52. The third-order valence-corrected chi connectivity index (χ3v) is 3.55. The Bertz CT molecular complexity index is 821. The van der Waals surface area contributed by atoms with Crippen molar-refractivity contribution in [2.75, 3.05) is 0 Å². The smallest absolute Gasteiger partial charge is 0.303 e. The number of hydrogen-bond acceptors (Lipinski definition) is 3. The lowest BCUT2D eigenvalue weighted by Crippen LogP contribution is -2.03. The Morgan fingerprint density at radius 1 is 1.25 bits per heavy atom. The van der Waals surface area contributed by atoms with E-state index in [9.17, 15) is 4.79 Å². The molecule has 0 saturated carbocycles. The second kappa shape index (κ2) is 4.59. The molecule has 0 saturated heterocycles. The molecular formula is C15H15N3O2. The summed E-state index contributed by atoms with van der Waals surface area (Å²) in [6.45, 7) is 4.09. The molecule has 1 aromatic carbocycles. The zero-order valence-electron chi connectivity index (χ0n) is 11.4. The van der Waals surface area contributed by atoms with Crippen LogP contribution >= 0.6 is 0 Å². The molecule has 3 aromatic rings. The van der Waals surface area contributed by atoms with Crippen LogP contribution in [0, 0.1) is 13.8 Å². The zero-order chi connectivity index (χ0) is 14.3. The van der Waals surface area contributed by atoms with Gasteiger partial charge in [-0.3, -0.25) is 9.20 Å². The molecule has 2 heterocycles. The summed E-state index contributed by atoms with van der Waals surface area (Å²) in [5.41, 5.74) is 4.11. The van der Waals surface area contributed by atoms with E-state index in [2.05, 4.69) is 16.3 Å². The molecule has 2 aromatic heterocycles. The van der Waals surface area contributed by atoms with E-state index in [-0.39, 0.29) is 6.42 Å². The van der Waals surface area contributed by atoms with E-state index in [1.807, 2.05) is 36.4 Å². The highest BCUT2D eigenvalue weighted by molar-refractivity contribution is 5.88. The van der Waals surface area contributed by atoms with Crippen LogP contribution in [0.4, 0.5) is 0 Å². The molecule has 0 aliphatic rings. The van der Waals surface area contributed by atoms with E-state index >= 15 is 0 Å². The summed E-state index contributed by atoms with van der Waals surface area (Å²) in [5.74, 6) is -0.128. The normalized spacial score (nSPS) is 11.3. The van der Waals surface area contributed by atoms with Gasteiger partial charge in [0.1, 0.15) is 5.82 Å². The van der Waals surface area contributed by atoms with Crippen LogP contribution in [-0.4, -0.2) is 25.7 Å². The van der Waals surface area contributed by atoms with Crippen molar-refractivity contribution in [3.05, 3.63) is 41.2 Å². The monoisotopic (exact) mass is 269 g/mol. The van der Waals surface area contributed by atoms with Gasteiger partial charge < -0.3 is 5.11 Å². The molecule has 0 fully saturated rings. The van der Waals surface area contributed by atoms with Gasteiger partial charge in [0.15, 0.2) is 5.65 Å². The molecule has 5 nitrogen and oxygen atoms in total. The highest BCUT2D eigenvalue weighted by atomic mass is 16.4. The summed E-state index contributed by atoms with van der Waals surface area (Å²) in [4.78, 5) is 10.8. The van der Waals surface area contributed by atoms with Crippen molar-refractivity contribution in [3.63, 3.8) is 0 Å². The largest absolute Gasteiger partial charge is 0.481 e.